The van der Waals surface area contributed by atoms with E-state index >= 15 is 0 Å². The van der Waals surface area contributed by atoms with Crippen LogP contribution in [0.4, 0.5) is 5.69 Å². The van der Waals surface area contributed by atoms with Crippen LogP contribution in [0.3, 0.4) is 0 Å². The first-order valence-electron chi connectivity index (χ1n) is 4.90. The van der Waals surface area contributed by atoms with Crippen LogP contribution in [0, 0.1) is 0 Å². The maximum absolute atomic E-state index is 10.6. The van der Waals surface area contributed by atoms with Crippen molar-refractivity contribution >= 4 is 5.69 Å². The van der Waals surface area contributed by atoms with Gasteiger partial charge in [-0.3, -0.25) is 0 Å². The molecule has 1 saturated heterocycles. The second kappa shape index (κ2) is 2.30. The molecule has 0 spiro atoms. The third kappa shape index (κ3) is 0.751. The first-order valence-corrected chi connectivity index (χ1v) is 4.90. The molecule has 0 amide bonds. The smallest absolute Gasteiger partial charge is 0.169 e. The summed E-state index contributed by atoms with van der Waals surface area (Å²) in [5.41, 5.74) is 0.442. The number of hydrogen-bond donors (Lipinski definition) is 2. The molecule has 0 bridgehead atoms. The Morgan fingerprint density at radius 3 is 3.07 bits per heavy atom. The van der Waals surface area contributed by atoms with Crippen LogP contribution in [-0.2, 0) is 10.3 Å². The monoisotopic (exact) mass is 191 g/mol. The Morgan fingerprint density at radius 1 is 1.43 bits per heavy atom. The van der Waals surface area contributed by atoms with E-state index in [1.165, 1.54) is 0 Å². The molecule has 2 heterocycles. The number of ether oxygens (including phenoxy) is 1. The van der Waals surface area contributed by atoms with E-state index in [9.17, 15) is 5.11 Å². The predicted molar refractivity (Wildman–Crippen MR) is 52.9 cm³/mol. The average Bonchev–Trinajstić information content (AvgIpc) is 2.54. The summed E-state index contributed by atoms with van der Waals surface area (Å²) in [6.45, 7) is 2.51. The maximum atomic E-state index is 10.6. The molecule has 2 aliphatic rings. The van der Waals surface area contributed by atoms with Gasteiger partial charge in [0, 0.05) is 17.7 Å². The second-order valence-corrected chi connectivity index (χ2v) is 4.16. The zero-order chi connectivity index (χ0) is 9.81. The molecule has 0 aliphatic carbocycles. The summed E-state index contributed by atoms with van der Waals surface area (Å²) in [7, 11) is 0. The summed E-state index contributed by atoms with van der Waals surface area (Å²) >= 11 is 0. The van der Waals surface area contributed by atoms with Gasteiger partial charge in [-0.1, -0.05) is 18.2 Å². The Morgan fingerprint density at radius 2 is 2.21 bits per heavy atom. The van der Waals surface area contributed by atoms with Crippen molar-refractivity contribution in [2.24, 2.45) is 0 Å². The Balaban J connectivity index is 2.22. The van der Waals surface area contributed by atoms with Crippen molar-refractivity contribution in [3.63, 3.8) is 0 Å². The third-order valence-corrected chi connectivity index (χ3v) is 3.39. The quantitative estimate of drug-likeness (QED) is 0.652. The van der Waals surface area contributed by atoms with Crippen molar-refractivity contribution in [1.82, 2.24) is 0 Å². The van der Waals surface area contributed by atoms with Gasteiger partial charge < -0.3 is 15.2 Å². The number of aliphatic hydroxyl groups is 1. The molecule has 3 heteroatoms. The fraction of sp³-hybridized carbons (Fsp3) is 0.455. The van der Waals surface area contributed by atoms with Gasteiger partial charge in [-0.05, 0) is 13.0 Å². The zero-order valence-electron chi connectivity index (χ0n) is 8.08. The summed E-state index contributed by atoms with van der Waals surface area (Å²) in [5.74, 6) is 0. The van der Waals surface area contributed by atoms with Gasteiger partial charge in [0.2, 0.25) is 0 Å². The second-order valence-electron chi connectivity index (χ2n) is 4.16. The molecule has 1 fully saturated rings. The highest BCUT2D eigenvalue weighted by Gasteiger charge is 2.58. The molecule has 2 atom stereocenters. The van der Waals surface area contributed by atoms with Gasteiger partial charge in [-0.25, -0.2) is 0 Å². The molecular formula is C11H13NO2. The number of hydrogen-bond acceptors (Lipinski definition) is 3. The largest absolute Gasteiger partial charge is 0.380 e. The number of nitrogens with one attached hydrogen (secondary N) is 1. The molecule has 74 valence electrons. The average molecular weight is 191 g/mol. The van der Waals surface area contributed by atoms with Crippen LogP contribution in [-0.4, -0.2) is 17.4 Å². The van der Waals surface area contributed by atoms with Crippen molar-refractivity contribution in [2.45, 2.75) is 24.7 Å². The molecule has 1 aromatic rings. The minimum absolute atomic E-state index is 0.605. The van der Waals surface area contributed by atoms with Crippen LogP contribution >= 0.6 is 0 Å². The lowest BCUT2D eigenvalue weighted by atomic mass is 9.87. The summed E-state index contributed by atoms with van der Waals surface area (Å²) in [5, 5.41) is 13.8. The summed E-state index contributed by atoms with van der Waals surface area (Å²) in [6.07, 6.45) is 0.660. The topological polar surface area (TPSA) is 41.5 Å². The summed E-state index contributed by atoms with van der Waals surface area (Å²) in [6, 6.07) is 7.84. The van der Waals surface area contributed by atoms with Crippen LogP contribution in [0.2, 0.25) is 0 Å². The van der Waals surface area contributed by atoms with Crippen molar-refractivity contribution in [1.29, 1.82) is 0 Å². The van der Waals surface area contributed by atoms with Gasteiger partial charge in [-0.15, -0.1) is 0 Å². The normalized spacial score (nSPS) is 39.0. The van der Waals surface area contributed by atoms with Crippen molar-refractivity contribution < 1.29 is 9.84 Å². The van der Waals surface area contributed by atoms with E-state index in [4.69, 9.17) is 4.74 Å². The molecule has 0 saturated carbocycles. The number of fused-ring (bicyclic) bond motifs is 3. The number of benzene rings is 1. The van der Waals surface area contributed by atoms with Crippen molar-refractivity contribution in [3.8, 4) is 0 Å². The first-order chi connectivity index (χ1) is 6.66. The fourth-order valence-electron chi connectivity index (χ4n) is 2.50. The van der Waals surface area contributed by atoms with E-state index in [1.54, 1.807) is 0 Å². The van der Waals surface area contributed by atoms with E-state index in [2.05, 4.69) is 5.32 Å². The van der Waals surface area contributed by atoms with Crippen LogP contribution in [0.25, 0.3) is 0 Å². The highest BCUT2D eigenvalue weighted by Crippen LogP contribution is 2.51. The van der Waals surface area contributed by atoms with E-state index < -0.39 is 11.3 Å². The Kier molecular flexibility index (Phi) is 1.36. The van der Waals surface area contributed by atoms with Gasteiger partial charge in [0.15, 0.2) is 5.72 Å². The molecule has 0 radical (unpaired) electrons. The number of rotatable bonds is 0. The molecule has 2 unspecified atom stereocenters. The lowest BCUT2D eigenvalue weighted by Crippen LogP contribution is -2.46. The minimum Gasteiger partial charge on any atom is -0.380 e. The number of para-hydroxylation sites is 1. The minimum atomic E-state index is -0.858. The summed E-state index contributed by atoms with van der Waals surface area (Å²) in [4.78, 5) is 0. The standard InChI is InChI=1S/C11H13NO2/c1-10-11(13,6-7-14-10)8-4-2-3-5-9(8)12-10/h2-5,12-13H,6-7H2,1H3. The van der Waals surface area contributed by atoms with Gasteiger partial charge in [-0.2, -0.15) is 0 Å². The predicted octanol–water partition coefficient (Wildman–Crippen LogP) is 1.44. The fourth-order valence-corrected chi connectivity index (χ4v) is 2.50. The van der Waals surface area contributed by atoms with E-state index in [-0.39, 0.29) is 0 Å². The van der Waals surface area contributed by atoms with E-state index in [0.717, 1.165) is 11.3 Å². The third-order valence-electron chi connectivity index (χ3n) is 3.39. The van der Waals surface area contributed by atoms with Gasteiger partial charge in [0.1, 0.15) is 5.60 Å². The molecule has 3 nitrogen and oxygen atoms in total. The molecule has 2 aliphatic heterocycles. The van der Waals surface area contributed by atoms with Crippen LogP contribution in [0.15, 0.2) is 24.3 Å². The molecule has 14 heavy (non-hydrogen) atoms. The number of anilines is 1. The van der Waals surface area contributed by atoms with Gasteiger partial charge in [0.05, 0.1) is 6.61 Å². The Hall–Kier alpha value is -1.06. The van der Waals surface area contributed by atoms with E-state index in [1.807, 2.05) is 31.2 Å². The molecule has 3 rings (SSSR count). The Bertz CT molecular complexity index is 393. The van der Waals surface area contributed by atoms with Gasteiger partial charge in [0.25, 0.3) is 0 Å². The highest BCUT2D eigenvalue weighted by atomic mass is 16.5. The Labute approximate surface area is 82.7 Å². The molecular weight excluding hydrogens is 178 g/mol. The lowest BCUT2D eigenvalue weighted by molar-refractivity contribution is -0.0860. The van der Waals surface area contributed by atoms with Gasteiger partial charge >= 0.3 is 0 Å². The molecule has 2 N–H and O–H groups in total. The first kappa shape index (κ1) is 8.26. The van der Waals surface area contributed by atoms with Crippen LogP contribution < -0.4 is 5.32 Å². The van der Waals surface area contributed by atoms with Crippen LogP contribution in [0.5, 0.6) is 0 Å². The van der Waals surface area contributed by atoms with E-state index in [0.29, 0.717) is 13.0 Å². The lowest BCUT2D eigenvalue weighted by Gasteiger charge is -2.31. The van der Waals surface area contributed by atoms with Crippen LogP contribution in [0.1, 0.15) is 18.9 Å². The SMILES string of the molecule is CC12Nc3ccccc3C1(O)CCO2. The molecule has 1 aromatic carbocycles. The maximum Gasteiger partial charge on any atom is 0.169 e. The zero-order valence-corrected chi connectivity index (χ0v) is 8.08. The van der Waals surface area contributed by atoms with Crippen molar-refractivity contribution in [3.05, 3.63) is 29.8 Å². The summed E-state index contributed by atoms with van der Waals surface area (Å²) < 4.78 is 5.59. The van der Waals surface area contributed by atoms with Crippen molar-refractivity contribution in [2.75, 3.05) is 11.9 Å². The molecule has 0 aromatic heterocycles. The highest BCUT2D eigenvalue weighted by molar-refractivity contribution is 5.62.